The van der Waals surface area contributed by atoms with Crippen LogP contribution < -0.4 is 5.32 Å². The van der Waals surface area contributed by atoms with Crippen LogP contribution in [0, 0.1) is 17.8 Å². The van der Waals surface area contributed by atoms with Crippen LogP contribution in [0.3, 0.4) is 0 Å². The lowest BCUT2D eigenvalue weighted by Gasteiger charge is -2.57. The molecule has 31 heavy (non-hydrogen) atoms. The fourth-order valence-corrected chi connectivity index (χ4v) is 7.21. The first kappa shape index (κ1) is 21.9. The minimum Gasteiger partial charge on any atom is -0.456 e. The molecule has 0 aromatic heterocycles. The summed E-state index contributed by atoms with van der Waals surface area (Å²) in [6.45, 7) is 6.54. The van der Waals surface area contributed by atoms with Crippen molar-refractivity contribution in [3.8, 4) is 0 Å². The Labute approximate surface area is 199 Å². The molecular weight excluding hydrogens is 530 g/mol. The summed E-state index contributed by atoms with van der Waals surface area (Å²) in [5, 5.41) is 3.01. The van der Waals surface area contributed by atoms with Gasteiger partial charge in [-0.25, -0.2) is 9.78 Å². The summed E-state index contributed by atoms with van der Waals surface area (Å²) in [4.78, 5) is 25.1. The smallest absolute Gasteiger partial charge is 0.286 e. The third-order valence-electron chi connectivity index (χ3n) is 7.41. The van der Waals surface area contributed by atoms with Crippen molar-refractivity contribution in [3.05, 3.63) is 44.0 Å². The van der Waals surface area contributed by atoms with Crippen LogP contribution in [-0.4, -0.2) is 23.6 Å². The van der Waals surface area contributed by atoms with E-state index < -0.39 is 17.7 Å². The number of carbonyl (C=O) groups is 1. The normalized spacial score (nSPS) is 38.9. The van der Waals surface area contributed by atoms with Crippen molar-refractivity contribution < 1.29 is 24.0 Å². The number of amides is 1. The molecule has 1 saturated carbocycles. The van der Waals surface area contributed by atoms with Gasteiger partial charge in [0.1, 0.15) is 0 Å². The number of hydrogen-bond acceptors (Lipinski definition) is 5. The van der Waals surface area contributed by atoms with E-state index in [1.807, 2.05) is 32.0 Å². The quantitative estimate of drug-likeness (QED) is 0.508. The van der Waals surface area contributed by atoms with Crippen LogP contribution in [0.25, 0.3) is 0 Å². The third kappa shape index (κ3) is 3.59. The Balaban J connectivity index is 1.44. The maximum absolute atomic E-state index is 13.2. The number of carbonyl (C=O) groups excluding carboxylic acids is 1. The molecule has 1 spiro atoms. The highest BCUT2D eigenvalue weighted by Gasteiger charge is 2.68. The van der Waals surface area contributed by atoms with Crippen LogP contribution in [0.2, 0.25) is 0 Å². The van der Waals surface area contributed by atoms with E-state index in [0.29, 0.717) is 18.2 Å². The molecule has 4 fully saturated rings. The summed E-state index contributed by atoms with van der Waals surface area (Å²) in [5.41, 5.74) is 1.20. The highest BCUT2D eigenvalue weighted by atomic mass is 79.9. The Morgan fingerprint density at radius 1 is 1.16 bits per heavy atom. The number of rotatable bonds is 3. The van der Waals surface area contributed by atoms with Crippen LogP contribution in [0.4, 0.5) is 0 Å². The molecule has 1 aromatic carbocycles. The van der Waals surface area contributed by atoms with Crippen LogP contribution in [-0.2, 0) is 30.6 Å². The second-order valence-corrected chi connectivity index (χ2v) is 11.3. The zero-order chi connectivity index (χ0) is 22.0. The molecule has 168 valence electrons. The SMILES string of the molecule is CC1=C(C(=O)NCc2cc(Br)cc(Br)c2)O[C@@H]2O[C@@]3(C)CC[C@H]4[C@H](C)CC[C@@H]1[C@@]24OO3. The van der Waals surface area contributed by atoms with Gasteiger partial charge in [0.25, 0.3) is 5.91 Å². The molecule has 6 atom stereocenters. The molecule has 6 nitrogen and oxygen atoms in total. The number of fused-ring (bicyclic) bond motifs is 2. The summed E-state index contributed by atoms with van der Waals surface area (Å²) in [6, 6.07) is 5.92. The van der Waals surface area contributed by atoms with Gasteiger partial charge in [0, 0.05) is 33.7 Å². The summed E-state index contributed by atoms with van der Waals surface area (Å²) >= 11 is 6.98. The van der Waals surface area contributed by atoms with Gasteiger partial charge < -0.3 is 14.8 Å². The van der Waals surface area contributed by atoms with Crippen molar-refractivity contribution in [3.63, 3.8) is 0 Å². The van der Waals surface area contributed by atoms with Gasteiger partial charge in [-0.3, -0.25) is 4.79 Å². The molecule has 8 heteroatoms. The van der Waals surface area contributed by atoms with Gasteiger partial charge >= 0.3 is 0 Å². The van der Waals surface area contributed by atoms with Crippen LogP contribution >= 0.6 is 31.9 Å². The minimum absolute atomic E-state index is 0.0239. The van der Waals surface area contributed by atoms with Crippen molar-refractivity contribution in [2.45, 2.75) is 70.7 Å². The van der Waals surface area contributed by atoms with Crippen LogP contribution in [0.15, 0.2) is 38.5 Å². The van der Waals surface area contributed by atoms with Gasteiger partial charge in [0.05, 0.1) is 0 Å². The van der Waals surface area contributed by atoms with E-state index in [0.717, 1.165) is 45.8 Å². The van der Waals surface area contributed by atoms with Gasteiger partial charge in [-0.2, -0.15) is 0 Å². The van der Waals surface area contributed by atoms with E-state index in [9.17, 15) is 4.79 Å². The maximum Gasteiger partial charge on any atom is 0.286 e. The predicted octanol–water partition coefficient (Wildman–Crippen LogP) is 5.35. The molecule has 1 amide bonds. The lowest BCUT2D eigenvalue weighted by atomic mass is 9.59. The Morgan fingerprint density at radius 3 is 2.65 bits per heavy atom. The molecule has 4 heterocycles. The van der Waals surface area contributed by atoms with E-state index in [1.54, 1.807) is 0 Å². The van der Waals surface area contributed by atoms with Crippen molar-refractivity contribution in [1.29, 1.82) is 0 Å². The van der Waals surface area contributed by atoms with Gasteiger partial charge in [0.15, 0.2) is 11.4 Å². The Hall–Kier alpha value is -0.930. The number of nitrogens with one attached hydrogen (secondary N) is 1. The Morgan fingerprint density at radius 2 is 1.90 bits per heavy atom. The minimum atomic E-state index is -0.854. The average molecular weight is 557 g/mol. The summed E-state index contributed by atoms with van der Waals surface area (Å²) in [6.07, 6.45) is 3.05. The highest BCUT2D eigenvalue weighted by Crippen LogP contribution is 2.60. The zero-order valence-electron chi connectivity index (χ0n) is 17.9. The van der Waals surface area contributed by atoms with Crippen molar-refractivity contribution >= 4 is 37.8 Å². The predicted molar refractivity (Wildman–Crippen MR) is 120 cm³/mol. The Kier molecular flexibility index (Phi) is 5.53. The number of halogens is 2. The first-order valence-corrected chi connectivity index (χ1v) is 12.5. The van der Waals surface area contributed by atoms with Crippen molar-refractivity contribution in [2.24, 2.45) is 17.8 Å². The average Bonchev–Trinajstić information content (AvgIpc) is 2.94. The molecule has 0 radical (unpaired) electrons. The fraction of sp³-hybridized carbons (Fsp3) is 0.609. The highest BCUT2D eigenvalue weighted by molar-refractivity contribution is 9.11. The molecule has 5 aliphatic rings. The first-order valence-electron chi connectivity index (χ1n) is 10.9. The molecular formula is C23H27Br2NO5. The van der Waals surface area contributed by atoms with Gasteiger partial charge in [0.2, 0.25) is 12.1 Å². The lowest BCUT2D eigenvalue weighted by Crippen LogP contribution is -2.67. The lowest BCUT2D eigenvalue weighted by molar-refractivity contribution is -0.555. The van der Waals surface area contributed by atoms with E-state index in [4.69, 9.17) is 19.2 Å². The standard InChI is InChI=1S/C23H27Br2NO5/c1-12-4-5-18-13(2)19(20(27)26-11-14-8-15(24)10-16(25)9-14)28-21-23(18)17(12)6-7-22(3,29-21)30-31-23/h8-10,12,17-18,21H,4-7,11H2,1-3H3,(H,26,27)/t12-,17+,18+,21-,22-,23-/m1/s1. The maximum atomic E-state index is 13.2. The Bertz CT molecular complexity index is 932. The third-order valence-corrected chi connectivity index (χ3v) is 8.32. The molecule has 0 unspecified atom stereocenters. The second kappa shape index (κ2) is 7.83. The molecule has 6 rings (SSSR count). The molecule has 3 saturated heterocycles. The van der Waals surface area contributed by atoms with E-state index in [1.165, 1.54) is 0 Å². The zero-order valence-corrected chi connectivity index (χ0v) is 21.0. The second-order valence-electron chi connectivity index (χ2n) is 9.45. The molecule has 4 aliphatic heterocycles. The van der Waals surface area contributed by atoms with Gasteiger partial charge in [-0.1, -0.05) is 38.8 Å². The van der Waals surface area contributed by atoms with Gasteiger partial charge in [-0.15, -0.1) is 0 Å². The van der Waals surface area contributed by atoms with Crippen LogP contribution in [0.5, 0.6) is 0 Å². The van der Waals surface area contributed by atoms with E-state index in [2.05, 4.69) is 44.1 Å². The van der Waals surface area contributed by atoms with Gasteiger partial charge in [-0.05, 0) is 68.4 Å². The fourth-order valence-electron chi connectivity index (χ4n) is 5.82. The van der Waals surface area contributed by atoms with Crippen LogP contribution in [0.1, 0.15) is 52.0 Å². The van der Waals surface area contributed by atoms with E-state index in [-0.39, 0.29) is 17.7 Å². The van der Waals surface area contributed by atoms with Crippen molar-refractivity contribution in [2.75, 3.05) is 0 Å². The van der Waals surface area contributed by atoms with Crippen molar-refractivity contribution in [1.82, 2.24) is 5.32 Å². The molecule has 1 aliphatic carbocycles. The summed E-state index contributed by atoms with van der Waals surface area (Å²) in [7, 11) is 0. The first-order chi connectivity index (χ1) is 14.7. The number of benzene rings is 1. The topological polar surface area (TPSA) is 66.0 Å². The largest absolute Gasteiger partial charge is 0.456 e. The number of ether oxygens (including phenoxy) is 2. The summed E-state index contributed by atoms with van der Waals surface area (Å²) in [5.74, 6) is 0.0340. The monoisotopic (exact) mass is 555 g/mol. The molecule has 2 bridgehead atoms. The molecule has 1 N–H and O–H groups in total. The van der Waals surface area contributed by atoms with E-state index >= 15 is 0 Å². The summed E-state index contributed by atoms with van der Waals surface area (Å²) < 4.78 is 14.5. The molecule has 1 aromatic rings. The number of hydrogen-bond donors (Lipinski definition) is 1.